The Morgan fingerprint density at radius 1 is 1.28 bits per heavy atom. The Morgan fingerprint density at radius 2 is 2.12 bits per heavy atom. The van der Waals surface area contributed by atoms with Crippen LogP contribution in [-0.2, 0) is 12.8 Å². The predicted octanol–water partition coefficient (Wildman–Crippen LogP) is 3.45. The predicted molar refractivity (Wildman–Crippen MR) is 98.7 cm³/mol. The van der Waals surface area contributed by atoms with Gasteiger partial charge < -0.3 is 9.72 Å². The average molecular weight is 356 g/mol. The quantitative estimate of drug-likeness (QED) is 0.838. The molecule has 25 heavy (non-hydrogen) atoms. The molecule has 0 saturated carbocycles. The van der Waals surface area contributed by atoms with Crippen LogP contribution in [0.5, 0.6) is 5.75 Å². The molecule has 1 heterocycles. The number of nitrogens with one attached hydrogen (secondary N) is 1. The molecule has 0 radical (unpaired) electrons. The second-order valence-electron chi connectivity index (χ2n) is 6.61. The molecule has 1 atom stereocenters. The number of ether oxygens (including phenoxy) is 1. The standard InChI is InChI=1S/C21H19ClFNO/c1-2-9-25-21-11-16(18(23)12-17(21)22)13-7-8-15-14-5-3-4-6-19(14)24-20(15)10-13/h1,6,10-13,24H,3-5,7-9H2. The lowest BCUT2D eigenvalue weighted by molar-refractivity contribution is 0.369. The van der Waals surface area contributed by atoms with Crippen LogP contribution in [0.2, 0.25) is 5.02 Å². The summed E-state index contributed by atoms with van der Waals surface area (Å²) in [4.78, 5) is 3.52. The first-order valence-corrected chi connectivity index (χ1v) is 9.02. The summed E-state index contributed by atoms with van der Waals surface area (Å²) < 4.78 is 20.0. The fraction of sp³-hybridized carbons (Fsp3) is 0.333. The number of hydrogen-bond donors (Lipinski definition) is 1. The molecule has 1 aromatic heterocycles. The number of terminal acetylenes is 1. The van der Waals surface area contributed by atoms with Crippen LogP contribution in [0, 0.1) is 18.2 Å². The summed E-state index contributed by atoms with van der Waals surface area (Å²) in [6, 6.07) is 3.01. The topological polar surface area (TPSA) is 25.0 Å². The molecule has 4 rings (SSSR count). The zero-order valence-corrected chi connectivity index (χ0v) is 14.6. The van der Waals surface area contributed by atoms with Gasteiger partial charge in [-0.2, -0.15) is 0 Å². The van der Waals surface area contributed by atoms with E-state index in [-0.39, 0.29) is 23.4 Å². The van der Waals surface area contributed by atoms with Gasteiger partial charge in [0, 0.05) is 16.6 Å². The number of halogens is 2. The van der Waals surface area contributed by atoms with E-state index in [0.717, 1.165) is 31.0 Å². The minimum atomic E-state index is -0.300. The summed E-state index contributed by atoms with van der Waals surface area (Å²) in [5.41, 5.74) is 3.46. The number of fused-ring (bicyclic) bond motifs is 3. The highest BCUT2D eigenvalue weighted by Gasteiger charge is 2.23. The first-order chi connectivity index (χ1) is 12.2. The van der Waals surface area contributed by atoms with Gasteiger partial charge in [-0.05, 0) is 60.9 Å². The van der Waals surface area contributed by atoms with Crippen LogP contribution in [0.3, 0.4) is 0 Å². The molecule has 0 aliphatic heterocycles. The number of H-pyrrole nitrogens is 1. The summed E-state index contributed by atoms with van der Waals surface area (Å²) in [7, 11) is 0. The fourth-order valence-electron chi connectivity index (χ4n) is 3.92. The van der Waals surface area contributed by atoms with Crippen molar-refractivity contribution in [1.82, 2.24) is 4.98 Å². The highest BCUT2D eigenvalue weighted by atomic mass is 35.5. The maximum absolute atomic E-state index is 14.5. The van der Waals surface area contributed by atoms with Crippen LogP contribution < -0.4 is 15.4 Å². The third-order valence-electron chi connectivity index (χ3n) is 5.10. The van der Waals surface area contributed by atoms with Crippen molar-refractivity contribution in [3.05, 3.63) is 50.4 Å². The molecule has 128 valence electrons. The zero-order valence-electron chi connectivity index (χ0n) is 13.9. The van der Waals surface area contributed by atoms with Crippen molar-refractivity contribution in [2.24, 2.45) is 0 Å². The van der Waals surface area contributed by atoms with Crippen LogP contribution in [0.15, 0.2) is 12.1 Å². The van der Waals surface area contributed by atoms with E-state index in [1.54, 1.807) is 6.07 Å². The molecule has 1 N–H and O–H groups in total. The first-order valence-electron chi connectivity index (χ1n) is 8.64. The first kappa shape index (κ1) is 16.3. The van der Waals surface area contributed by atoms with Crippen LogP contribution in [0.1, 0.15) is 41.9 Å². The van der Waals surface area contributed by atoms with Gasteiger partial charge in [0.05, 0.1) is 5.02 Å². The lowest BCUT2D eigenvalue weighted by Crippen LogP contribution is -2.19. The molecule has 2 nitrogen and oxygen atoms in total. The minimum Gasteiger partial charge on any atom is -0.479 e. The van der Waals surface area contributed by atoms with Crippen molar-refractivity contribution >= 4 is 23.8 Å². The minimum absolute atomic E-state index is 0.00180. The molecule has 0 saturated heterocycles. The SMILES string of the molecule is C#CCOc1cc(C2C=c3[nH]c4c(c3CC2)CCCC=4)c(F)cc1Cl. The molecular weight excluding hydrogens is 337 g/mol. The van der Waals surface area contributed by atoms with E-state index in [9.17, 15) is 4.39 Å². The smallest absolute Gasteiger partial charge is 0.148 e. The van der Waals surface area contributed by atoms with Crippen molar-refractivity contribution in [2.75, 3.05) is 6.61 Å². The second-order valence-corrected chi connectivity index (χ2v) is 7.02. The summed E-state index contributed by atoms with van der Waals surface area (Å²) in [6.07, 6.45) is 15.0. The van der Waals surface area contributed by atoms with Crippen LogP contribution >= 0.6 is 11.6 Å². The van der Waals surface area contributed by atoms with Crippen molar-refractivity contribution in [1.29, 1.82) is 0 Å². The maximum atomic E-state index is 14.5. The van der Waals surface area contributed by atoms with E-state index >= 15 is 0 Å². The fourth-order valence-corrected chi connectivity index (χ4v) is 4.13. The Bertz CT molecular complexity index is 983. The van der Waals surface area contributed by atoms with Gasteiger partial charge in [-0.3, -0.25) is 0 Å². The van der Waals surface area contributed by atoms with Gasteiger partial charge in [0.25, 0.3) is 0 Å². The number of benzene rings is 1. The van der Waals surface area contributed by atoms with Crippen LogP contribution in [-0.4, -0.2) is 11.6 Å². The molecule has 0 bridgehead atoms. The van der Waals surface area contributed by atoms with E-state index in [0.29, 0.717) is 11.3 Å². The Balaban J connectivity index is 1.75. The normalized spacial score (nSPS) is 18.4. The van der Waals surface area contributed by atoms with E-state index in [1.165, 1.54) is 29.0 Å². The van der Waals surface area contributed by atoms with Crippen LogP contribution in [0.25, 0.3) is 12.2 Å². The highest BCUT2D eigenvalue weighted by molar-refractivity contribution is 6.32. The number of hydrogen-bond acceptors (Lipinski definition) is 1. The van der Waals surface area contributed by atoms with E-state index < -0.39 is 0 Å². The van der Waals surface area contributed by atoms with Gasteiger partial charge in [0.2, 0.25) is 0 Å². The third-order valence-corrected chi connectivity index (χ3v) is 5.39. The van der Waals surface area contributed by atoms with Crippen molar-refractivity contribution in [3.8, 4) is 18.1 Å². The molecular formula is C21H19ClFNO. The van der Waals surface area contributed by atoms with Crippen molar-refractivity contribution < 1.29 is 9.13 Å². The van der Waals surface area contributed by atoms with Gasteiger partial charge in [-0.25, -0.2) is 4.39 Å². The number of rotatable bonds is 3. The Hall–Kier alpha value is -2.18. The molecule has 0 fully saturated rings. The third kappa shape index (κ3) is 2.96. The summed E-state index contributed by atoms with van der Waals surface area (Å²) in [6.45, 7) is 0.114. The molecule has 1 aromatic carbocycles. The Morgan fingerprint density at radius 3 is 2.96 bits per heavy atom. The second kappa shape index (κ2) is 6.61. The molecule has 2 aliphatic rings. The van der Waals surface area contributed by atoms with E-state index in [1.807, 2.05) is 0 Å². The lowest BCUT2D eigenvalue weighted by atomic mass is 9.86. The van der Waals surface area contributed by atoms with Gasteiger partial charge in [0.15, 0.2) is 0 Å². The Kier molecular flexibility index (Phi) is 4.31. The highest BCUT2D eigenvalue weighted by Crippen LogP contribution is 2.35. The largest absolute Gasteiger partial charge is 0.479 e. The van der Waals surface area contributed by atoms with Gasteiger partial charge in [-0.15, -0.1) is 6.42 Å². The summed E-state index contributed by atoms with van der Waals surface area (Å²) in [5.74, 6) is 2.54. The number of aromatic amines is 1. The average Bonchev–Trinajstić information content (AvgIpc) is 2.98. The van der Waals surface area contributed by atoms with Crippen molar-refractivity contribution in [2.45, 2.75) is 38.0 Å². The molecule has 2 aliphatic carbocycles. The van der Waals surface area contributed by atoms with E-state index in [4.69, 9.17) is 22.8 Å². The molecule has 0 spiro atoms. The molecule has 0 amide bonds. The number of aromatic nitrogens is 1. The summed E-state index contributed by atoms with van der Waals surface area (Å²) >= 11 is 6.07. The summed E-state index contributed by atoms with van der Waals surface area (Å²) in [5, 5.41) is 2.64. The molecule has 1 unspecified atom stereocenters. The zero-order chi connectivity index (χ0) is 17.4. The van der Waals surface area contributed by atoms with E-state index in [2.05, 4.69) is 23.1 Å². The molecule has 2 aromatic rings. The van der Waals surface area contributed by atoms with Gasteiger partial charge in [0.1, 0.15) is 18.2 Å². The Labute approximate surface area is 151 Å². The van der Waals surface area contributed by atoms with Crippen LogP contribution in [0.4, 0.5) is 4.39 Å². The monoisotopic (exact) mass is 355 g/mol. The lowest BCUT2D eigenvalue weighted by Gasteiger charge is -2.20. The van der Waals surface area contributed by atoms with Gasteiger partial charge in [-0.1, -0.05) is 29.7 Å². The molecule has 4 heteroatoms. The van der Waals surface area contributed by atoms with Crippen molar-refractivity contribution in [3.63, 3.8) is 0 Å². The van der Waals surface area contributed by atoms with Gasteiger partial charge >= 0.3 is 0 Å². The maximum Gasteiger partial charge on any atom is 0.148 e.